The number of amides is 3. The molecule has 3 amide bonds. The summed E-state index contributed by atoms with van der Waals surface area (Å²) in [5.41, 5.74) is 1.04. The van der Waals surface area contributed by atoms with E-state index in [4.69, 9.17) is 0 Å². The molecular weight excluding hydrogens is 256 g/mol. The highest BCUT2D eigenvalue weighted by atomic mass is 16.2. The molecule has 0 aromatic heterocycles. The van der Waals surface area contributed by atoms with E-state index in [-0.39, 0.29) is 24.3 Å². The van der Waals surface area contributed by atoms with E-state index in [9.17, 15) is 14.4 Å². The minimum atomic E-state index is -0.306. The average molecular weight is 272 g/mol. The van der Waals surface area contributed by atoms with Crippen molar-refractivity contribution in [1.82, 2.24) is 10.2 Å². The van der Waals surface area contributed by atoms with E-state index in [0.717, 1.165) is 10.5 Å². The zero-order valence-corrected chi connectivity index (χ0v) is 11.0. The summed E-state index contributed by atoms with van der Waals surface area (Å²) < 4.78 is 0. The summed E-state index contributed by atoms with van der Waals surface area (Å²) in [4.78, 5) is 35.4. The molecule has 1 aliphatic heterocycles. The van der Waals surface area contributed by atoms with Crippen LogP contribution in [0.3, 0.4) is 0 Å². The van der Waals surface area contributed by atoms with E-state index < -0.39 is 0 Å². The topological polar surface area (TPSA) is 66.5 Å². The maximum absolute atomic E-state index is 11.6. The van der Waals surface area contributed by atoms with Gasteiger partial charge >= 0.3 is 0 Å². The highest BCUT2D eigenvalue weighted by Gasteiger charge is 2.22. The van der Waals surface area contributed by atoms with Crippen molar-refractivity contribution in [2.24, 2.45) is 0 Å². The smallest absolute Gasteiger partial charge is 0.253 e. The van der Waals surface area contributed by atoms with Gasteiger partial charge in [-0.3, -0.25) is 19.3 Å². The lowest BCUT2D eigenvalue weighted by Crippen LogP contribution is -2.32. The van der Waals surface area contributed by atoms with Crippen LogP contribution in [0.2, 0.25) is 0 Å². The monoisotopic (exact) mass is 272 g/mol. The van der Waals surface area contributed by atoms with Gasteiger partial charge in [0.1, 0.15) is 0 Å². The Kier molecular flexibility index (Phi) is 4.65. The summed E-state index contributed by atoms with van der Waals surface area (Å²) in [6.45, 7) is 0.770. The minimum Gasteiger partial charge on any atom is -0.352 e. The number of carbonyl (C=O) groups is 3. The number of hydrogen-bond acceptors (Lipinski definition) is 3. The lowest BCUT2D eigenvalue weighted by Gasteiger charge is -2.13. The molecule has 0 saturated carbocycles. The van der Waals surface area contributed by atoms with Crippen LogP contribution in [0, 0.1) is 0 Å². The van der Waals surface area contributed by atoms with Crippen molar-refractivity contribution in [2.75, 3.05) is 6.54 Å². The second-order valence-corrected chi connectivity index (χ2v) is 4.53. The zero-order valence-electron chi connectivity index (χ0n) is 11.0. The van der Waals surface area contributed by atoms with Crippen LogP contribution >= 0.6 is 0 Å². The maximum Gasteiger partial charge on any atom is 0.253 e. The van der Waals surface area contributed by atoms with Crippen molar-refractivity contribution < 1.29 is 14.4 Å². The van der Waals surface area contributed by atoms with Crippen LogP contribution in [0.15, 0.2) is 42.5 Å². The number of nitrogens with one attached hydrogen (secondary N) is 1. The third-order valence-electron chi connectivity index (χ3n) is 3.02. The van der Waals surface area contributed by atoms with Crippen molar-refractivity contribution >= 4 is 17.7 Å². The molecule has 0 aliphatic carbocycles. The Hall–Kier alpha value is -2.43. The highest BCUT2D eigenvalue weighted by Crippen LogP contribution is 2.05. The molecule has 0 radical (unpaired) electrons. The molecule has 0 spiro atoms. The lowest BCUT2D eigenvalue weighted by atomic mass is 10.2. The van der Waals surface area contributed by atoms with Gasteiger partial charge in [-0.1, -0.05) is 30.3 Å². The number of hydrogen-bond donors (Lipinski definition) is 1. The fourth-order valence-corrected chi connectivity index (χ4v) is 1.93. The van der Waals surface area contributed by atoms with Crippen molar-refractivity contribution in [2.45, 2.75) is 19.4 Å². The predicted molar refractivity (Wildman–Crippen MR) is 73.4 cm³/mol. The van der Waals surface area contributed by atoms with Gasteiger partial charge in [-0.05, 0) is 12.0 Å². The van der Waals surface area contributed by atoms with Gasteiger partial charge in [0, 0.05) is 31.7 Å². The van der Waals surface area contributed by atoms with Crippen LogP contribution in [-0.2, 0) is 20.9 Å². The summed E-state index contributed by atoms with van der Waals surface area (Å²) in [5, 5.41) is 2.80. The SMILES string of the molecule is O=C(CCCN1C(=O)C=CC1=O)NCc1ccccc1. The van der Waals surface area contributed by atoms with Gasteiger partial charge in [-0.2, -0.15) is 0 Å². The Morgan fingerprint density at radius 2 is 1.70 bits per heavy atom. The molecule has 1 aromatic carbocycles. The van der Waals surface area contributed by atoms with Crippen LogP contribution in [0.1, 0.15) is 18.4 Å². The molecule has 0 saturated heterocycles. The van der Waals surface area contributed by atoms with Crippen LogP contribution in [0.25, 0.3) is 0 Å². The predicted octanol–water partition coefficient (Wildman–Crippen LogP) is 1.01. The number of nitrogens with zero attached hydrogens (tertiary/aromatic N) is 1. The van der Waals surface area contributed by atoms with Crippen molar-refractivity contribution in [3.63, 3.8) is 0 Å². The molecule has 5 heteroatoms. The van der Waals surface area contributed by atoms with Crippen LogP contribution < -0.4 is 5.32 Å². The molecule has 0 unspecified atom stereocenters. The van der Waals surface area contributed by atoms with Gasteiger partial charge in [0.2, 0.25) is 5.91 Å². The lowest BCUT2D eigenvalue weighted by molar-refractivity contribution is -0.137. The van der Waals surface area contributed by atoms with Gasteiger partial charge in [0.05, 0.1) is 0 Å². The van der Waals surface area contributed by atoms with Crippen LogP contribution in [0.4, 0.5) is 0 Å². The van der Waals surface area contributed by atoms with Crippen molar-refractivity contribution in [3.05, 3.63) is 48.0 Å². The molecule has 2 rings (SSSR count). The quantitative estimate of drug-likeness (QED) is 0.786. The van der Waals surface area contributed by atoms with E-state index in [1.165, 1.54) is 12.2 Å². The number of carbonyl (C=O) groups excluding carboxylic acids is 3. The van der Waals surface area contributed by atoms with Gasteiger partial charge < -0.3 is 5.32 Å². The molecule has 0 fully saturated rings. The first-order valence-electron chi connectivity index (χ1n) is 6.51. The molecule has 20 heavy (non-hydrogen) atoms. The summed E-state index contributed by atoms with van der Waals surface area (Å²) in [7, 11) is 0. The fourth-order valence-electron chi connectivity index (χ4n) is 1.93. The average Bonchev–Trinajstić information content (AvgIpc) is 2.78. The van der Waals surface area contributed by atoms with Crippen LogP contribution in [0.5, 0.6) is 0 Å². The Morgan fingerprint density at radius 1 is 1.05 bits per heavy atom. The number of rotatable bonds is 6. The summed E-state index contributed by atoms with van der Waals surface area (Å²) in [5.74, 6) is -0.694. The third-order valence-corrected chi connectivity index (χ3v) is 3.02. The molecule has 104 valence electrons. The Labute approximate surface area is 117 Å². The highest BCUT2D eigenvalue weighted by molar-refractivity contribution is 6.12. The van der Waals surface area contributed by atoms with E-state index in [0.29, 0.717) is 19.4 Å². The molecule has 1 heterocycles. The summed E-state index contributed by atoms with van der Waals surface area (Å²) in [6, 6.07) is 9.63. The second kappa shape index (κ2) is 6.65. The van der Waals surface area contributed by atoms with E-state index >= 15 is 0 Å². The van der Waals surface area contributed by atoms with Gasteiger partial charge in [-0.25, -0.2) is 0 Å². The largest absolute Gasteiger partial charge is 0.352 e. The van der Waals surface area contributed by atoms with Crippen molar-refractivity contribution in [1.29, 1.82) is 0 Å². The fraction of sp³-hybridized carbons (Fsp3) is 0.267. The zero-order chi connectivity index (χ0) is 14.4. The van der Waals surface area contributed by atoms with E-state index in [1.54, 1.807) is 0 Å². The molecule has 5 nitrogen and oxygen atoms in total. The molecule has 0 atom stereocenters. The number of imide groups is 1. The molecule has 0 bridgehead atoms. The molecule has 1 aliphatic rings. The number of benzene rings is 1. The van der Waals surface area contributed by atoms with Gasteiger partial charge in [-0.15, -0.1) is 0 Å². The standard InChI is InChI=1S/C15H16N2O3/c18-13(16-11-12-5-2-1-3-6-12)7-4-10-17-14(19)8-9-15(17)20/h1-3,5-6,8-9H,4,7,10-11H2,(H,16,18). The normalized spacial score (nSPS) is 13.9. The minimum absolute atomic E-state index is 0.0825. The Balaban J connectivity index is 1.66. The summed E-state index contributed by atoms with van der Waals surface area (Å²) >= 11 is 0. The molecule has 1 aromatic rings. The first kappa shape index (κ1) is 14.0. The van der Waals surface area contributed by atoms with Gasteiger partial charge in [0.25, 0.3) is 11.8 Å². The van der Waals surface area contributed by atoms with Crippen LogP contribution in [-0.4, -0.2) is 29.2 Å². The third kappa shape index (κ3) is 3.78. The Morgan fingerprint density at radius 3 is 2.35 bits per heavy atom. The maximum atomic E-state index is 11.6. The first-order valence-corrected chi connectivity index (χ1v) is 6.51. The summed E-state index contributed by atoms with van der Waals surface area (Å²) in [6.07, 6.45) is 3.26. The van der Waals surface area contributed by atoms with Gasteiger partial charge in [0.15, 0.2) is 0 Å². The first-order chi connectivity index (χ1) is 9.66. The van der Waals surface area contributed by atoms with E-state index in [1.807, 2.05) is 30.3 Å². The molecule has 1 N–H and O–H groups in total. The van der Waals surface area contributed by atoms with E-state index in [2.05, 4.69) is 5.32 Å². The molecular formula is C15H16N2O3. The van der Waals surface area contributed by atoms with Crippen molar-refractivity contribution in [3.8, 4) is 0 Å². The Bertz CT molecular complexity index is 519. The second-order valence-electron chi connectivity index (χ2n) is 4.53.